The smallest absolute Gasteiger partial charge is 0.217 e. The van der Waals surface area contributed by atoms with Gasteiger partial charge in [-0.15, -0.1) is 23.8 Å². The van der Waals surface area contributed by atoms with E-state index >= 15 is 0 Å². The average Bonchev–Trinajstić information content (AvgIpc) is 3.26. The van der Waals surface area contributed by atoms with Gasteiger partial charge in [0.05, 0.1) is 11.9 Å². The molecule has 5 nitrogen and oxygen atoms in total. The maximum Gasteiger partial charge on any atom is 0.217 e. The molecule has 2 atom stereocenters. The number of para-hydroxylation sites is 2. The first-order valence-corrected chi connectivity index (χ1v) is 15.4. The van der Waals surface area contributed by atoms with Crippen LogP contribution in [0.15, 0.2) is 71.7 Å². The number of fused-ring (bicyclic) bond motifs is 2. The van der Waals surface area contributed by atoms with Gasteiger partial charge >= 0.3 is 0 Å². The van der Waals surface area contributed by atoms with Gasteiger partial charge in [-0.1, -0.05) is 77.9 Å². The van der Waals surface area contributed by atoms with E-state index in [0.29, 0.717) is 40.4 Å². The van der Waals surface area contributed by atoms with E-state index in [9.17, 15) is 5.11 Å². The molecule has 0 saturated heterocycles. The molecular weight excluding hydrogens is 714 g/mol. The maximum atomic E-state index is 10.3. The van der Waals surface area contributed by atoms with Crippen LogP contribution in [0.3, 0.4) is 0 Å². The van der Waals surface area contributed by atoms with Gasteiger partial charge in [0.1, 0.15) is 11.3 Å². The van der Waals surface area contributed by atoms with Crippen LogP contribution in [0.25, 0.3) is 10.9 Å². The maximum absolute atomic E-state index is 10.3. The fourth-order valence-electron chi connectivity index (χ4n) is 6.60. The minimum absolute atomic E-state index is 0. The van der Waals surface area contributed by atoms with Crippen LogP contribution in [0.5, 0.6) is 17.4 Å². The van der Waals surface area contributed by atoms with E-state index < -0.39 is 0 Å². The van der Waals surface area contributed by atoms with Crippen LogP contribution in [-0.4, -0.2) is 28.0 Å². The molecule has 0 spiro atoms. The minimum atomic E-state index is 0. The number of hydrogen-bond donors (Lipinski definition) is 1. The molecular formula is C37H42N3O2Pt-. The Labute approximate surface area is 270 Å². The molecule has 4 aromatic rings. The molecule has 1 aliphatic carbocycles. The van der Waals surface area contributed by atoms with Crippen molar-refractivity contribution in [1.29, 1.82) is 0 Å². The Balaban J connectivity index is 0.00000368. The number of phenols is 1. The van der Waals surface area contributed by atoms with Gasteiger partial charge in [-0.05, 0) is 66.2 Å². The number of anilines is 1. The summed E-state index contributed by atoms with van der Waals surface area (Å²) in [6.45, 7) is 14.0. The standard InChI is InChI=1S/C37H42N3O2.Pt/c1-23(2)28-13-9-14-29(24(3)4)35(28)40-31-19-21-37(5,6)20-18-30(31)38-36(40)26-11-7-12-27(22-26)42-33-17-16-25-10-8-15-32(41)34(25)39-33;/h7-17,23-24,30-31,41H,18-21H2,1-6H3;/q-1;/t30-,31-;/m0./s1. The number of benzene rings is 3. The SMILES string of the molecule is CC(C)c1cccc(C(C)C)c1N1C(c2[c-]c(Oc3ccc4cccc(O)c4n3)ccc2)=N[C@H]2CCC(C)(C)CC[C@@H]21.[Pt]. The van der Waals surface area contributed by atoms with Crippen molar-refractivity contribution in [3.05, 3.63) is 89.5 Å². The van der Waals surface area contributed by atoms with Crippen LogP contribution in [-0.2, 0) is 21.1 Å². The van der Waals surface area contributed by atoms with Gasteiger partial charge < -0.3 is 19.7 Å². The predicted molar refractivity (Wildman–Crippen MR) is 172 cm³/mol. The average molecular weight is 756 g/mol. The number of aromatic hydroxyl groups is 1. The fourth-order valence-corrected chi connectivity index (χ4v) is 6.60. The number of phenolic OH excluding ortho intramolecular Hbond substituents is 1. The van der Waals surface area contributed by atoms with Gasteiger partial charge in [-0.25, -0.2) is 4.98 Å². The summed E-state index contributed by atoms with van der Waals surface area (Å²) in [5.41, 5.74) is 5.82. The molecule has 1 aromatic heterocycles. The molecule has 2 aliphatic rings. The molecule has 6 heteroatoms. The Morgan fingerprint density at radius 1 is 0.884 bits per heavy atom. The van der Waals surface area contributed by atoms with Crippen LogP contribution in [0.2, 0.25) is 0 Å². The number of amidine groups is 1. The predicted octanol–water partition coefficient (Wildman–Crippen LogP) is 9.38. The quantitative estimate of drug-likeness (QED) is 0.200. The first-order chi connectivity index (χ1) is 20.1. The summed E-state index contributed by atoms with van der Waals surface area (Å²) < 4.78 is 6.22. The van der Waals surface area contributed by atoms with Crippen LogP contribution in [0.4, 0.5) is 5.69 Å². The first-order valence-electron chi connectivity index (χ1n) is 15.4. The van der Waals surface area contributed by atoms with Crippen molar-refractivity contribution in [2.45, 2.75) is 91.1 Å². The van der Waals surface area contributed by atoms with E-state index in [4.69, 9.17) is 9.73 Å². The fraction of sp³-hybridized carbons (Fsp3) is 0.405. The second-order valence-electron chi connectivity index (χ2n) is 13.3. The molecule has 1 fully saturated rings. The number of nitrogens with zero attached hydrogens (tertiary/aromatic N) is 3. The Bertz CT molecular complexity index is 1620. The van der Waals surface area contributed by atoms with E-state index in [1.54, 1.807) is 6.07 Å². The topological polar surface area (TPSA) is 58.0 Å². The molecule has 1 saturated carbocycles. The zero-order valence-electron chi connectivity index (χ0n) is 26.0. The monoisotopic (exact) mass is 755 g/mol. The van der Waals surface area contributed by atoms with Crippen molar-refractivity contribution in [3.8, 4) is 17.4 Å². The van der Waals surface area contributed by atoms with Crippen LogP contribution in [0.1, 0.15) is 95.8 Å². The van der Waals surface area contributed by atoms with E-state index in [-0.39, 0.29) is 32.9 Å². The van der Waals surface area contributed by atoms with Crippen molar-refractivity contribution in [3.63, 3.8) is 0 Å². The van der Waals surface area contributed by atoms with Crippen molar-refractivity contribution < 1.29 is 30.9 Å². The summed E-state index contributed by atoms with van der Waals surface area (Å²) in [6, 6.07) is 26.0. The van der Waals surface area contributed by atoms with Gasteiger partial charge in [0, 0.05) is 50.0 Å². The summed E-state index contributed by atoms with van der Waals surface area (Å²) in [7, 11) is 0. The third kappa shape index (κ3) is 6.25. The van der Waals surface area contributed by atoms with Gasteiger partial charge in [-0.2, -0.15) is 0 Å². The zero-order valence-corrected chi connectivity index (χ0v) is 28.3. The molecule has 0 radical (unpaired) electrons. The number of aromatic nitrogens is 1. The number of rotatable bonds is 6. The summed E-state index contributed by atoms with van der Waals surface area (Å²) in [4.78, 5) is 12.6. The zero-order chi connectivity index (χ0) is 29.6. The molecule has 1 aliphatic heterocycles. The van der Waals surface area contributed by atoms with E-state index in [0.717, 1.165) is 29.6 Å². The van der Waals surface area contributed by atoms with Crippen molar-refractivity contribution in [2.24, 2.45) is 10.4 Å². The van der Waals surface area contributed by atoms with Gasteiger partial charge in [0.15, 0.2) is 0 Å². The second-order valence-corrected chi connectivity index (χ2v) is 13.3. The first kappa shape index (κ1) is 31.3. The van der Waals surface area contributed by atoms with E-state index in [1.807, 2.05) is 36.4 Å². The van der Waals surface area contributed by atoms with E-state index in [2.05, 4.69) is 81.8 Å². The number of ether oxygens (including phenoxy) is 1. The Morgan fingerprint density at radius 2 is 1.56 bits per heavy atom. The molecule has 2 heterocycles. The molecule has 1 N–H and O–H groups in total. The summed E-state index contributed by atoms with van der Waals surface area (Å²) in [5, 5.41) is 11.2. The minimum Gasteiger partial charge on any atom is -0.506 e. The van der Waals surface area contributed by atoms with Crippen molar-refractivity contribution >= 4 is 22.4 Å². The van der Waals surface area contributed by atoms with Crippen LogP contribution < -0.4 is 9.64 Å². The Hall–Kier alpha value is -3.17. The summed E-state index contributed by atoms with van der Waals surface area (Å²) >= 11 is 0. The molecule has 0 bridgehead atoms. The number of pyridine rings is 1. The molecule has 228 valence electrons. The largest absolute Gasteiger partial charge is 0.506 e. The summed E-state index contributed by atoms with van der Waals surface area (Å²) in [5.74, 6) is 2.88. The van der Waals surface area contributed by atoms with Crippen molar-refractivity contribution in [1.82, 2.24) is 4.98 Å². The third-order valence-corrected chi connectivity index (χ3v) is 9.01. The van der Waals surface area contributed by atoms with Gasteiger partial charge in [-0.3, -0.25) is 0 Å². The van der Waals surface area contributed by atoms with Crippen LogP contribution >= 0.6 is 0 Å². The third-order valence-electron chi connectivity index (χ3n) is 9.01. The Morgan fingerprint density at radius 3 is 2.28 bits per heavy atom. The van der Waals surface area contributed by atoms with Gasteiger partial charge in [0.25, 0.3) is 0 Å². The van der Waals surface area contributed by atoms with Gasteiger partial charge in [0.2, 0.25) is 5.88 Å². The second kappa shape index (κ2) is 12.4. The Kier molecular flexibility index (Phi) is 9.04. The molecule has 0 unspecified atom stereocenters. The van der Waals surface area contributed by atoms with Crippen molar-refractivity contribution in [2.75, 3.05) is 4.90 Å². The molecule has 43 heavy (non-hydrogen) atoms. The molecule has 0 amide bonds. The van der Waals surface area contributed by atoms with E-state index in [1.165, 1.54) is 29.7 Å². The summed E-state index contributed by atoms with van der Waals surface area (Å²) in [6.07, 6.45) is 4.55. The number of aliphatic imine (C=N–C) groups is 1. The normalized spacial score (nSPS) is 19.6. The molecule has 6 rings (SSSR count). The van der Waals surface area contributed by atoms with Crippen LogP contribution in [0, 0.1) is 11.5 Å². The molecule has 3 aromatic carbocycles. The number of hydrogen-bond acceptors (Lipinski definition) is 5.